The second kappa shape index (κ2) is 10.4. The summed E-state index contributed by atoms with van der Waals surface area (Å²) in [7, 11) is 1.56. The zero-order valence-electron chi connectivity index (χ0n) is 19.6. The van der Waals surface area contributed by atoms with Crippen molar-refractivity contribution in [3.8, 4) is 11.1 Å². The van der Waals surface area contributed by atoms with Gasteiger partial charge >= 0.3 is 12.1 Å². The molecule has 0 bridgehead atoms. The number of rotatable bonds is 9. The van der Waals surface area contributed by atoms with Crippen LogP contribution in [0.1, 0.15) is 41.3 Å². The van der Waals surface area contributed by atoms with Crippen molar-refractivity contribution in [3.63, 3.8) is 0 Å². The van der Waals surface area contributed by atoms with Crippen molar-refractivity contribution in [3.05, 3.63) is 77.2 Å². The van der Waals surface area contributed by atoms with E-state index in [4.69, 9.17) is 14.4 Å². The van der Waals surface area contributed by atoms with Crippen molar-refractivity contribution in [2.75, 3.05) is 13.7 Å². The summed E-state index contributed by atoms with van der Waals surface area (Å²) in [6.07, 6.45) is -1.13. The molecule has 1 atom stereocenters. The van der Waals surface area contributed by atoms with E-state index in [0.717, 1.165) is 22.3 Å². The van der Waals surface area contributed by atoms with Crippen LogP contribution in [0.4, 0.5) is 4.79 Å². The predicted molar refractivity (Wildman–Crippen MR) is 127 cm³/mol. The molecule has 1 unspecified atom stereocenters. The highest BCUT2D eigenvalue weighted by Gasteiger charge is 2.30. The molecule has 3 aromatic rings. The van der Waals surface area contributed by atoms with Gasteiger partial charge in [-0.05, 0) is 35.6 Å². The first-order chi connectivity index (χ1) is 16.8. The third kappa shape index (κ3) is 5.51. The van der Waals surface area contributed by atoms with Gasteiger partial charge in [0.2, 0.25) is 5.91 Å². The van der Waals surface area contributed by atoms with Crippen molar-refractivity contribution in [1.29, 1.82) is 0 Å². The Morgan fingerprint density at radius 3 is 2.31 bits per heavy atom. The lowest BCUT2D eigenvalue weighted by Crippen LogP contribution is -2.47. The maximum Gasteiger partial charge on any atom is 0.407 e. The Kier molecular flexibility index (Phi) is 7.14. The molecular weight excluding hydrogens is 450 g/mol. The van der Waals surface area contributed by atoms with Crippen LogP contribution in [0.15, 0.2) is 59.1 Å². The van der Waals surface area contributed by atoms with E-state index in [1.807, 2.05) is 48.5 Å². The number of carboxylic acid groups (broad SMARTS) is 1. The minimum absolute atomic E-state index is 0.0689. The maximum absolute atomic E-state index is 13.0. The molecule has 9 heteroatoms. The van der Waals surface area contributed by atoms with Crippen LogP contribution in [0.3, 0.4) is 0 Å². The summed E-state index contributed by atoms with van der Waals surface area (Å²) in [5.41, 5.74) is 4.91. The third-order valence-corrected chi connectivity index (χ3v) is 6.03. The van der Waals surface area contributed by atoms with E-state index in [9.17, 15) is 14.4 Å². The minimum Gasteiger partial charge on any atom is -0.481 e. The van der Waals surface area contributed by atoms with Gasteiger partial charge in [-0.3, -0.25) is 9.59 Å². The fraction of sp³-hybridized carbons (Fsp3) is 0.308. The van der Waals surface area contributed by atoms with Crippen LogP contribution in [0.5, 0.6) is 0 Å². The monoisotopic (exact) mass is 477 g/mol. The van der Waals surface area contributed by atoms with Gasteiger partial charge in [0.25, 0.3) is 0 Å². The summed E-state index contributed by atoms with van der Waals surface area (Å²) in [4.78, 5) is 38.2. The normalized spacial score (nSPS) is 13.0. The van der Waals surface area contributed by atoms with Gasteiger partial charge in [-0.1, -0.05) is 53.7 Å². The number of amides is 2. The lowest BCUT2D eigenvalue weighted by molar-refractivity contribution is -0.138. The average molecular weight is 478 g/mol. The van der Waals surface area contributed by atoms with Crippen molar-refractivity contribution < 1.29 is 28.8 Å². The smallest absolute Gasteiger partial charge is 0.407 e. The molecule has 35 heavy (non-hydrogen) atoms. The van der Waals surface area contributed by atoms with Gasteiger partial charge in [-0.2, -0.15) is 0 Å². The number of ether oxygens (including phenoxy) is 1. The van der Waals surface area contributed by atoms with Crippen molar-refractivity contribution in [2.24, 2.45) is 0 Å². The number of carbonyl (C=O) groups excluding carboxylic acids is 2. The SMILES string of the molecule is Cc1cc(CN(C)C(=O)C(CCC(=O)O)NC(=O)OCC2c3ccccc3-c3ccccc32)no1. The second-order valence-corrected chi connectivity index (χ2v) is 8.58. The molecule has 2 amide bonds. The Morgan fingerprint density at radius 2 is 1.74 bits per heavy atom. The number of benzene rings is 2. The molecule has 1 heterocycles. The zero-order chi connectivity index (χ0) is 24.9. The van der Waals surface area contributed by atoms with Gasteiger partial charge in [0.1, 0.15) is 24.1 Å². The number of hydrogen-bond donors (Lipinski definition) is 2. The number of carbonyl (C=O) groups is 3. The summed E-state index contributed by atoms with van der Waals surface area (Å²) < 4.78 is 10.6. The van der Waals surface area contributed by atoms with Crippen LogP contribution >= 0.6 is 0 Å². The van der Waals surface area contributed by atoms with Gasteiger partial charge in [-0.15, -0.1) is 0 Å². The van der Waals surface area contributed by atoms with Crippen LogP contribution in [-0.2, 0) is 20.9 Å². The molecule has 1 aliphatic rings. The lowest BCUT2D eigenvalue weighted by atomic mass is 9.98. The topological polar surface area (TPSA) is 122 Å². The number of aromatic nitrogens is 1. The van der Waals surface area contributed by atoms with E-state index in [1.54, 1.807) is 20.0 Å². The molecule has 0 radical (unpaired) electrons. The number of likely N-dealkylation sites (N-methyl/N-ethyl adjacent to an activating group) is 1. The number of alkyl carbamates (subject to hydrolysis) is 1. The second-order valence-electron chi connectivity index (χ2n) is 8.58. The molecule has 0 fully saturated rings. The van der Waals surface area contributed by atoms with E-state index < -0.39 is 24.0 Å². The van der Waals surface area contributed by atoms with Crippen LogP contribution in [0.2, 0.25) is 0 Å². The van der Waals surface area contributed by atoms with Gasteiger partial charge < -0.3 is 24.6 Å². The van der Waals surface area contributed by atoms with Crippen LogP contribution in [0.25, 0.3) is 11.1 Å². The average Bonchev–Trinajstić information content (AvgIpc) is 3.40. The highest BCUT2D eigenvalue weighted by molar-refractivity contribution is 5.86. The molecule has 0 aliphatic heterocycles. The molecular formula is C26H27N3O6. The minimum atomic E-state index is -1.06. The van der Waals surface area contributed by atoms with E-state index in [-0.39, 0.29) is 31.9 Å². The van der Waals surface area contributed by atoms with Gasteiger partial charge in [-0.25, -0.2) is 4.79 Å². The maximum atomic E-state index is 13.0. The Bertz CT molecular complexity index is 1190. The largest absolute Gasteiger partial charge is 0.481 e. The molecule has 2 aromatic carbocycles. The van der Waals surface area contributed by atoms with E-state index >= 15 is 0 Å². The van der Waals surface area contributed by atoms with Crippen LogP contribution in [0, 0.1) is 6.92 Å². The molecule has 0 spiro atoms. The summed E-state index contributed by atoms with van der Waals surface area (Å²) in [5.74, 6) is -1.02. The highest BCUT2D eigenvalue weighted by atomic mass is 16.5. The van der Waals surface area contributed by atoms with Crippen molar-refractivity contribution >= 4 is 18.0 Å². The standard InChI is InChI=1S/C26H27N3O6/c1-16-13-17(28-35-16)14-29(2)25(32)23(11-12-24(30)31)27-26(33)34-15-22-20-9-5-3-7-18(20)19-8-4-6-10-21(19)22/h3-10,13,22-23H,11-12,14-15H2,1-2H3,(H,27,33)(H,30,31). The molecule has 2 N–H and O–H groups in total. The number of carboxylic acids is 1. The van der Waals surface area contributed by atoms with Gasteiger partial charge in [0.15, 0.2) is 0 Å². The molecule has 0 saturated carbocycles. The quantitative estimate of drug-likeness (QED) is 0.482. The Balaban J connectivity index is 1.41. The number of hydrogen-bond acceptors (Lipinski definition) is 6. The number of nitrogens with zero attached hydrogens (tertiary/aromatic N) is 2. The van der Waals surface area contributed by atoms with Crippen LogP contribution < -0.4 is 5.32 Å². The lowest BCUT2D eigenvalue weighted by Gasteiger charge is -2.24. The molecule has 1 aromatic heterocycles. The van der Waals surface area contributed by atoms with Crippen LogP contribution in [-0.4, -0.2) is 52.8 Å². The van der Waals surface area contributed by atoms with E-state index in [1.165, 1.54) is 4.90 Å². The Hall–Kier alpha value is -4.14. The number of fused-ring (bicyclic) bond motifs is 3. The van der Waals surface area contributed by atoms with Crippen molar-refractivity contribution in [1.82, 2.24) is 15.4 Å². The molecule has 182 valence electrons. The Labute approximate surface area is 202 Å². The first kappa shape index (κ1) is 24.0. The number of aryl methyl sites for hydroxylation is 1. The summed E-state index contributed by atoms with van der Waals surface area (Å²) in [6, 6.07) is 16.6. The number of nitrogens with one attached hydrogen (secondary N) is 1. The summed E-state index contributed by atoms with van der Waals surface area (Å²) in [6.45, 7) is 1.99. The van der Waals surface area contributed by atoms with Gasteiger partial charge in [0.05, 0.1) is 6.54 Å². The molecule has 4 rings (SSSR count). The van der Waals surface area contributed by atoms with Crippen molar-refractivity contribution in [2.45, 2.75) is 38.3 Å². The summed E-state index contributed by atoms with van der Waals surface area (Å²) in [5, 5.41) is 15.5. The first-order valence-corrected chi connectivity index (χ1v) is 11.3. The highest BCUT2D eigenvalue weighted by Crippen LogP contribution is 2.44. The fourth-order valence-corrected chi connectivity index (χ4v) is 4.39. The van der Waals surface area contributed by atoms with Gasteiger partial charge in [0, 0.05) is 25.5 Å². The number of aliphatic carboxylic acids is 1. The predicted octanol–water partition coefficient (Wildman–Crippen LogP) is 3.71. The first-order valence-electron chi connectivity index (χ1n) is 11.3. The fourth-order valence-electron chi connectivity index (χ4n) is 4.39. The van der Waals surface area contributed by atoms with E-state index in [2.05, 4.69) is 10.5 Å². The molecule has 1 aliphatic carbocycles. The molecule has 9 nitrogen and oxygen atoms in total. The Morgan fingerprint density at radius 1 is 1.11 bits per heavy atom. The summed E-state index contributed by atoms with van der Waals surface area (Å²) >= 11 is 0. The third-order valence-electron chi connectivity index (χ3n) is 6.03. The zero-order valence-corrected chi connectivity index (χ0v) is 19.6. The molecule has 0 saturated heterocycles. The van der Waals surface area contributed by atoms with E-state index in [0.29, 0.717) is 11.5 Å².